The van der Waals surface area contributed by atoms with E-state index in [1.165, 1.54) is 24.9 Å². The zero-order chi connectivity index (χ0) is 19.2. The number of hydrogen-bond acceptors (Lipinski definition) is 10. The van der Waals surface area contributed by atoms with Gasteiger partial charge in [-0.3, -0.25) is 10.4 Å². The van der Waals surface area contributed by atoms with Crippen LogP contribution in [0.1, 0.15) is 0 Å². The van der Waals surface area contributed by atoms with Gasteiger partial charge in [-0.1, -0.05) is 23.4 Å². The molecule has 0 bridgehead atoms. The third kappa shape index (κ3) is 4.73. The van der Waals surface area contributed by atoms with Crippen LogP contribution in [0.25, 0.3) is 10.9 Å². The van der Waals surface area contributed by atoms with E-state index >= 15 is 0 Å². The third-order valence-corrected chi connectivity index (χ3v) is 4.01. The maximum Gasteiger partial charge on any atom is 0.356 e. The summed E-state index contributed by atoms with van der Waals surface area (Å²) in [5.41, 5.74) is 6.71. The van der Waals surface area contributed by atoms with Gasteiger partial charge in [-0.25, -0.2) is 9.79 Å². The van der Waals surface area contributed by atoms with Crippen molar-refractivity contribution in [3.8, 4) is 0 Å². The molecule has 2 heterocycles. The highest BCUT2D eigenvalue weighted by molar-refractivity contribution is 8.03. The van der Waals surface area contributed by atoms with Gasteiger partial charge < -0.3 is 14.9 Å². The first-order chi connectivity index (χ1) is 13.0. The van der Waals surface area contributed by atoms with Crippen molar-refractivity contribution in [2.75, 3.05) is 12.4 Å². The second kappa shape index (κ2) is 8.19. The molecule has 0 fully saturated rings. The number of hydrogen-bond donors (Lipinski definition) is 3. The normalized spacial score (nSPS) is 12.2. The van der Waals surface area contributed by atoms with Crippen LogP contribution in [-0.4, -0.2) is 39.2 Å². The molecule has 0 aliphatic carbocycles. The highest BCUT2D eigenvalue weighted by atomic mass is 32.2. The van der Waals surface area contributed by atoms with Crippen molar-refractivity contribution in [1.82, 2.24) is 20.4 Å². The lowest BCUT2D eigenvalue weighted by molar-refractivity contribution is -0.132. The van der Waals surface area contributed by atoms with Crippen LogP contribution in [-0.2, 0) is 9.53 Å². The summed E-state index contributed by atoms with van der Waals surface area (Å²) in [6, 6.07) is 5.80. The zero-order valence-corrected chi connectivity index (χ0v) is 15.0. The largest absolute Gasteiger partial charge is 0.464 e. The third-order valence-electron chi connectivity index (χ3n) is 3.19. The Morgan fingerprint density at radius 2 is 2.37 bits per heavy atom. The number of nitrogens with zero attached hydrogens (tertiary/aromatic N) is 4. The SMILES string of the molecule is C=C(/N=C(\C=C(/N)Nc1nnco1)C(=O)OC)Sc1ccc2[nH]ncc2c1. The number of aromatic nitrogens is 4. The number of anilines is 1. The number of H-pyrrole nitrogens is 1. The number of carbonyl (C=O) groups excluding carboxylic acids is 1. The Labute approximate surface area is 157 Å². The highest BCUT2D eigenvalue weighted by Gasteiger charge is 2.12. The van der Waals surface area contributed by atoms with Crippen LogP contribution in [0.4, 0.5) is 6.01 Å². The minimum Gasteiger partial charge on any atom is -0.464 e. The fourth-order valence-corrected chi connectivity index (χ4v) is 2.79. The number of carbonyl (C=O) groups is 1. The van der Waals surface area contributed by atoms with E-state index in [9.17, 15) is 4.79 Å². The van der Waals surface area contributed by atoms with Gasteiger partial charge in [0.15, 0.2) is 5.71 Å². The molecule has 1 aromatic carbocycles. The summed E-state index contributed by atoms with van der Waals surface area (Å²) in [6.07, 6.45) is 4.15. The van der Waals surface area contributed by atoms with E-state index in [1.54, 1.807) is 6.20 Å². The summed E-state index contributed by atoms with van der Waals surface area (Å²) < 4.78 is 9.66. The van der Waals surface area contributed by atoms with E-state index in [-0.39, 0.29) is 17.5 Å². The summed E-state index contributed by atoms with van der Waals surface area (Å²) in [5.74, 6) is -0.599. The number of fused-ring (bicyclic) bond motifs is 1. The van der Waals surface area contributed by atoms with Crippen LogP contribution < -0.4 is 11.1 Å². The van der Waals surface area contributed by atoms with Crippen LogP contribution in [0.3, 0.4) is 0 Å². The summed E-state index contributed by atoms with van der Waals surface area (Å²) in [4.78, 5) is 17.1. The molecule has 2 aromatic heterocycles. The zero-order valence-electron chi connectivity index (χ0n) is 14.2. The molecule has 0 saturated carbocycles. The van der Waals surface area contributed by atoms with E-state index in [1.807, 2.05) is 18.2 Å². The number of nitrogens with two attached hydrogens (primary N) is 1. The molecule has 4 N–H and O–H groups in total. The first-order valence-corrected chi connectivity index (χ1v) is 8.34. The number of rotatable bonds is 7. The van der Waals surface area contributed by atoms with Crippen molar-refractivity contribution in [3.63, 3.8) is 0 Å². The highest BCUT2D eigenvalue weighted by Crippen LogP contribution is 2.28. The van der Waals surface area contributed by atoms with E-state index in [0.29, 0.717) is 5.03 Å². The fourth-order valence-electron chi connectivity index (χ4n) is 2.05. The molecule has 10 nitrogen and oxygen atoms in total. The molecule has 0 saturated heterocycles. The molecule has 3 rings (SSSR count). The summed E-state index contributed by atoms with van der Waals surface area (Å²) in [6.45, 7) is 3.87. The van der Waals surface area contributed by atoms with E-state index in [2.05, 4.69) is 37.3 Å². The van der Waals surface area contributed by atoms with Crippen molar-refractivity contribution in [2.24, 2.45) is 10.7 Å². The van der Waals surface area contributed by atoms with E-state index in [4.69, 9.17) is 14.9 Å². The van der Waals surface area contributed by atoms with Gasteiger partial charge in [-0.15, -0.1) is 5.10 Å². The number of esters is 1. The van der Waals surface area contributed by atoms with Crippen molar-refractivity contribution in [3.05, 3.63) is 54.3 Å². The average Bonchev–Trinajstić information content (AvgIpc) is 3.31. The fraction of sp³-hybridized carbons (Fsp3) is 0.0625. The molecule has 11 heteroatoms. The maximum absolute atomic E-state index is 12.0. The Morgan fingerprint density at radius 3 is 3.11 bits per heavy atom. The molecule has 3 aromatic rings. The number of benzene rings is 1. The summed E-state index contributed by atoms with van der Waals surface area (Å²) in [7, 11) is 1.25. The maximum atomic E-state index is 12.0. The number of ether oxygens (including phenoxy) is 1. The molecule has 0 atom stereocenters. The van der Waals surface area contributed by atoms with Crippen LogP contribution >= 0.6 is 11.8 Å². The van der Waals surface area contributed by atoms with Crippen LogP contribution in [0.2, 0.25) is 0 Å². The van der Waals surface area contributed by atoms with Crippen molar-refractivity contribution < 1.29 is 13.9 Å². The second-order valence-corrected chi connectivity index (χ2v) is 6.22. The number of thioether (sulfide) groups is 1. The van der Waals surface area contributed by atoms with Crippen molar-refractivity contribution in [2.45, 2.75) is 4.90 Å². The predicted molar refractivity (Wildman–Crippen MR) is 101 cm³/mol. The summed E-state index contributed by atoms with van der Waals surface area (Å²) in [5, 5.41) is 18.0. The predicted octanol–water partition coefficient (Wildman–Crippen LogP) is 2.04. The average molecular weight is 385 g/mol. The topological polar surface area (TPSA) is 144 Å². The minimum atomic E-state index is -0.669. The lowest BCUT2D eigenvalue weighted by atomic mass is 10.3. The monoisotopic (exact) mass is 385 g/mol. The van der Waals surface area contributed by atoms with Crippen molar-refractivity contribution >= 4 is 40.4 Å². The molecule has 0 amide bonds. The molecule has 0 aliphatic rings. The van der Waals surface area contributed by atoms with Crippen LogP contribution in [0.5, 0.6) is 0 Å². The van der Waals surface area contributed by atoms with Gasteiger partial charge in [0, 0.05) is 16.4 Å². The molecule has 138 valence electrons. The quantitative estimate of drug-likeness (QED) is 0.316. The molecule has 0 spiro atoms. The molecule has 0 radical (unpaired) electrons. The smallest absolute Gasteiger partial charge is 0.356 e. The number of aliphatic imine (C=N–C) groups is 1. The molecular formula is C16H15N7O3S. The van der Waals surface area contributed by atoms with Crippen molar-refractivity contribution in [1.29, 1.82) is 0 Å². The minimum absolute atomic E-state index is 0.0381. The van der Waals surface area contributed by atoms with Gasteiger partial charge in [-0.05, 0) is 18.2 Å². The molecule has 27 heavy (non-hydrogen) atoms. The van der Waals surface area contributed by atoms with Crippen LogP contribution in [0.15, 0.2) is 68.6 Å². The Bertz CT molecular complexity index is 1020. The Balaban J connectivity index is 1.77. The molecule has 0 unspecified atom stereocenters. The standard InChI is InChI=1S/C16H15N7O3S/c1-9(27-11-3-4-12-10(5-11)7-18-22-12)20-13(15(24)25-2)6-14(17)21-16-23-19-8-26-16/h3-8H,1,17H2,2H3,(H,18,22)(H,21,23)/b14-6+,20-13+. The first-order valence-electron chi connectivity index (χ1n) is 7.52. The molecular weight excluding hydrogens is 370 g/mol. The van der Waals surface area contributed by atoms with E-state index < -0.39 is 5.97 Å². The van der Waals surface area contributed by atoms with Gasteiger partial charge in [-0.2, -0.15) is 5.10 Å². The first kappa shape index (κ1) is 18.2. The molecule has 0 aliphatic heterocycles. The van der Waals surface area contributed by atoms with Gasteiger partial charge in [0.1, 0.15) is 5.82 Å². The second-order valence-electron chi connectivity index (χ2n) is 5.07. The van der Waals surface area contributed by atoms with E-state index in [0.717, 1.165) is 22.2 Å². The summed E-state index contributed by atoms with van der Waals surface area (Å²) >= 11 is 1.29. The van der Waals surface area contributed by atoms with Gasteiger partial charge in [0.25, 0.3) is 0 Å². The van der Waals surface area contributed by atoms with Gasteiger partial charge >= 0.3 is 12.0 Å². The van der Waals surface area contributed by atoms with Gasteiger partial charge in [0.05, 0.1) is 23.9 Å². The lowest BCUT2D eigenvalue weighted by Crippen LogP contribution is -2.18. The number of methoxy groups -OCH3 is 1. The Kier molecular flexibility index (Phi) is 5.52. The lowest BCUT2D eigenvalue weighted by Gasteiger charge is -2.05. The Morgan fingerprint density at radius 1 is 1.52 bits per heavy atom. The Hall–Kier alpha value is -3.60. The number of aromatic amines is 1. The number of nitrogens with one attached hydrogen (secondary N) is 2. The van der Waals surface area contributed by atoms with Gasteiger partial charge in [0.2, 0.25) is 6.39 Å². The van der Waals surface area contributed by atoms with Crippen LogP contribution in [0, 0.1) is 0 Å².